The third-order valence-corrected chi connectivity index (χ3v) is 3.27. The molecule has 1 rings (SSSR count). The third-order valence-electron chi connectivity index (χ3n) is 3.27. The van der Waals surface area contributed by atoms with Crippen molar-refractivity contribution in [2.75, 3.05) is 0 Å². The Balaban J connectivity index is 2.53. The van der Waals surface area contributed by atoms with Crippen molar-refractivity contribution in [3.8, 4) is 0 Å². The van der Waals surface area contributed by atoms with Crippen molar-refractivity contribution >= 4 is 5.91 Å². The van der Waals surface area contributed by atoms with Crippen LogP contribution in [0.2, 0.25) is 0 Å². The highest BCUT2D eigenvalue weighted by Crippen LogP contribution is 2.25. The van der Waals surface area contributed by atoms with Gasteiger partial charge in [-0.05, 0) is 26.3 Å². The predicted octanol–water partition coefficient (Wildman–Crippen LogP) is 2.15. The number of nitrogens with zero attached hydrogens (tertiary/aromatic N) is 1. The zero-order chi connectivity index (χ0) is 15.9. The summed E-state index contributed by atoms with van der Waals surface area (Å²) in [6.07, 6.45) is 12.0. The number of hydrogen-bond donors (Lipinski definition) is 2. The Bertz CT molecular complexity index is 540. The van der Waals surface area contributed by atoms with Crippen LogP contribution >= 0.6 is 0 Å². The molecule has 0 aliphatic heterocycles. The molecule has 0 aliphatic rings. The molecule has 21 heavy (non-hydrogen) atoms. The van der Waals surface area contributed by atoms with Crippen molar-refractivity contribution in [1.29, 1.82) is 0 Å². The van der Waals surface area contributed by atoms with E-state index in [9.17, 15) is 9.90 Å². The second kappa shape index (κ2) is 7.59. The monoisotopic (exact) mass is 290 g/mol. The number of nitrogens with two attached hydrogens (primary N) is 1. The van der Waals surface area contributed by atoms with Gasteiger partial charge < -0.3 is 15.3 Å². The molecule has 5 nitrogen and oxygen atoms in total. The molecule has 1 amide bonds. The Labute approximate surface area is 124 Å². The van der Waals surface area contributed by atoms with Crippen LogP contribution in [0.25, 0.3) is 0 Å². The summed E-state index contributed by atoms with van der Waals surface area (Å²) in [7, 11) is 0. The van der Waals surface area contributed by atoms with Crippen LogP contribution in [0.15, 0.2) is 53.0 Å². The van der Waals surface area contributed by atoms with Gasteiger partial charge in [-0.1, -0.05) is 30.4 Å². The zero-order valence-corrected chi connectivity index (χ0v) is 12.6. The van der Waals surface area contributed by atoms with Crippen LogP contribution in [-0.4, -0.2) is 22.1 Å². The molecule has 3 N–H and O–H groups in total. The van der Waals surface area contributed by atoms with Gasteiger partial charge in [0.2, 0.25) is 5.91 Å². The first-order valence-corrected chi connectivity index (χ1v) is 6.71. The standard InChI is InChI=1S/C16H22N2O3/c1-12(14(19)16(2,3)15(17)20)8-6-4-5-7-9-13-10-18-11-21-13/h4-8,10-11,14,19H,9H2,1-3H3,(H2,17,20)/b6-4-,7-5+,12-8-. The molecule has 0 aromatic carbocycles. The van der Waals surface area contributed by atoms with Gasteiger partial charge in [0.15, 0.2) is 6.39 Å². The molecule has 0 radical (unpaired) electrons. The fraction of sp³-hybridized carbons (Fsp3) is 0.375. The highest BCUT2D eigenvalue weighted by Gasteiger charge is 2.34. The topological polar surface area (TPSA) is 89.3 Å². The summed E-state index contributed by atoms with van der Waals surface area (Å²) in [6, 6.07) is 0. The van der Waals surface area contributed by atoms with Crippen molar-refractivity contribution < 1.29 is 14.3 Å². The van der Waals surface area contributed by atoms with E-state index < -0.39 is 17.4 Å². The fourth-order valence-electron chi connectivity index (χ4n) is 1.67. The second-order valence-electron chi connectivity index (χ2n) is 5.38. The highest BCUT2D eigenvalue weighted by molar-refractivity contribution is 5.81. The van der Waals surface area contributed by atoms with Gasteiger partial charge in [-0.25, -0.2) is 4.98 Å². The van der Waals surface area contributed by atoms with Gasteiger partial charge in [0.05, 0.1) is 17.7 Å². The van der Waals surface area contributed by atoms with Gasteiger partial charge >= 0.3 is 0 Å². The second-order valence-corrected chi connectivity index (χ2v) is 5.38. The van der Waals surface area contributed by atoms with Crippen molar-refractivity contribution in [3.63, 3.8) is 0 Å². The minimum atomic E-state index is -0.990. The van der Waals surface area contributed by atoms with E-state index in [4.69, 9.17) is 10.2 Å². The zero-order valence-electron chi connectivity index (χ0n) is 12.6. The normalized spacial score (nSPS) is 15.0. The van der Waals surface area contributed by atoms with Crippen LogP contribution in [0.5, 0.6) is 0 Å². The molecule has 0 spiro atoms. The average molecular weight is 290 g/mol. The Hall–Kier alpha value is -2.14. The van der Waals surface area contributed by atoms with E-state index in [0.717, 1.165) is 5.76 Å². The minimum absolute atomic E-state index is 0.529. The molecule has 0 saturated carbocycles. The molecule has 1 atom stereocenters. The van der Waals surface area contributed by atoms with Gasteiger partial charge in [0.25, 0.3) is 0 Å². The van der Waals surface area contributed by atoms with E-state index in [1.165, 1.54) is 6.39 Å². The number of aliphatic hydroxyl groups is 1. The summed E-state index contributed by atoms with van der Waals surface area (Å²) in [5, 5.41) is 10.1. The Kier molecular flexibility index (Phi) is 6.11. The summed E-state index contributed by atoms with van der Waals surface area (Å²) in [5.74, 6) is 0.267. The minimum Gasteiger partial charge on any atom is -0.448 e. The maximum Gasteiger partial charge on any atom is 0.226 e. The van der Waals surface area contributed by atoms with Gasteiger partial charge in [0, 0.05) is 6.42 Å². The number of aliphatic hydroxyl groups excluding tert-OH is 1. The van der Waals surface area contributed by atoms with Crippen LogP contribution in [0, 0.1) is 5.41 Å². The number of allylic oxidation sites excluding steroid dienone is 5. The van der Waals surface area contributed by atoms with Gasteiger partial charge in [-0.3, -0.25) is 4.79 Å². The van der Waals surface area contributed by atoms with Crippen LogP contribution in [-0.2, 0) is 11.2 Å². The smallest absolute Gasteiger partial charge is 0.226 e. The van der Waals surface area contributed by atoms with Crippen molar-refractivity contribution in [1.82, 2.24) is 4.98 Å². The molecule has 1 unspecified atom stereocenters. The number of amides is 1. The first kappa shape index (κ1) is 16.9. The third kappa shape index (κ3) is 5.04. The first-order chi connectivity index (χ1) is 9.85. The lowest BCUT2D eigenvalue weighted by Crippen LogP contribution is -2.42. The van der Waals surface area contributed by atoms with Gasteiger partial charge in [-0.15, -0.1) is 0 Å². The Morgan fingerprint density at radius 3 is 2.76 bits per heavy atom. The van der Waals surface area contributed by atoms with Gasteiger partial charge in [-0.2, -0.15) is 0 Å². The summed E-state index contributed by atoms with van der Waals surface area (Å²) in [6.45, 7) is 5.01. The lowest BCUT2D eigenvalue weighted by Gasteiger charge is -2.27. The molecule has 0 fully saturated rings. The summed E-state index contributed by atoms with van der Waals surface area (Å²) in [4.78, 5) is 15.1. The molecule has 1 aromatic heterocycles. The fourth-order valence-corrected chi connectivity index (χ4v) is 1.67. The molecule has 1 heterocycles. The number of rotatable bonds is 7. The number of carbonyl (C=O) groups is 1. The molecule has 0 aliphatic carbocycles. The van der Waals surface area contributed by atoms with E-state index in [1.807, 2.05) is 18.2 Å². The molecular formula is C16H22N2O3. The summed E-state index contributed by atoms with van der Waals surface area (Å²) < 4.78 is 5.09. The molecule has 0 saturated heterocycles. The molecule has 1 aromatic rings. The number of carbonyl (C=O) groups excluding carboxylic acids is 1. The van der Waals surface area contributed by atoms with E-state index in [1.54, 1.807) is 39.1 Å². The molecular weight excluding hydrogens is 268 g/mol. The Morgan fingerprint density at radius 2 is 2.19 bits per heavy atom. The van der Waals surface area contributed by atoms with Crippen LogP contribution in [0.3, 0.4) is 0 Å². The van der Waals surface area contributed by atoms with Crippen molar-refractivity contribution in [2.24, 2.45) is 11.1 Å². The number of oxazole rings is 1. The maximum atomic E-state index is 11.3. The highest BCUT2D eigenvalue weighted by atomic mass is 16.3. The van der Waals surface area contributed by atoms with Crippen molar-refractivity contribution in [3.05, 3.63) is 54.3 Å². The number of aromatic nitrogens is 1. The van der Waals surface area contributed by atoms with E-state index in [0.29, 0.717) is 12.0 Å². The van der Waals surface area contributed by atoms with E-state index in [-0.39, 0.29) is 0 Å². The molecule has 0 bridgehead atoms. The summed E-state index contributed by atoms with van der Waals surface area (Å²) >= 11 is 0. The molecule has 5 heteroatoms. The Morgan fingerprint density at radius 1 is 1.48 bits per heavy atom. The van der Waals surface area contributed by atoms with Crippen LogP contribution in [0.4, 0.5) is 0 Å². The van der Waals surface area contributed by atoms with Crippen molar-refractivity contribution in [2.45, 2.75) is 33.3 Å². The predicted molar refractivity (Wildman–Crippen MR) is 81.2 cm³/mol. The lowest BCUT2D eigenvalue weighted by atomic mass is 9.82. The summed E-state index contributed by atoms with van der Waals surface area (Å²) in [5.41, 5.74) is 4.97. The number of primary amides is 1. The average Bonchev–Trinajstić information content (AvgIpc) is 2.94. The molecule has 114 valence electrons. The maximum absolute atomic E-state index is 11.3. The SMILES string of the molecule is C/C(=C/C=C\C=C\Cc1cnco1)C(O)C(C)(C)C(N)=O. The van der Waals surface area contributed by atoms with Crippen LogP contribution in [0.1, 0.15) is 26.5 Å². The van der Waals surface area contributed by atoms with E-state index in [2.05, 4.69) is 4.98 Å². The first-order valence-electron chi connectivity index (χ1n) is 6.71. The van der Waals surface area contributed by atoms with Crippen LogP contribution < -0.4 is 5.73 Å². The largest absolute Gasteiger partial charge is 0.448 e. The van der Waals surface area contributed by atoms with Gasteiger partial charge in [0.1, 0.15) is 5.76 Å². The quantitative estimate of drug-likeness (QED) is 0.753. The van der Waals surface area contributed by atoms with E-state index >= 15 is 0 Å². The number of hydrogen-bond acceptors (Lipinski definition) is 4. The lowest BCUT2D eigenvalue weighted by molar-refractivity contribution is -0.130.